The molecular formula is C31H36ClN5O4. The zero-order valence-electron chi connectivity index (χ0n) is 23.3. The van der Waals surface area contributed by atoms with E-state index in [2.05, 4.69) is 26.9 Å². The van der Waals surface area contributed by atoms with Crippen molar-refractivity contribution < 1.29 is 19.4 Å². The van der Waals surface area contributed by atoms with Crippen molar-refractivity contribution in [2.45, 2.75) is 45.3 Å². The van der Waals surface area contributed by atoms with E-state index in [4.69, 9.17) is 31.8 Å². The number of aromatic nitrogens is 2. The Kier molecular flexibility index (Phi) is 7.76. The lowest BCUT2D eigenvalue weighted by Crippen LogP contribution is -2.49. The summed E-state index contributed by atoms with van der Waals surface area (Å²) in [6, 6.07) is 13.9. The second kappa shape index (κ2) is 11.5. The lowest BCUT2D eigenvalue weighted by Gasteiger charge is -2.42. The molecule has 41 heavy (non-hydrogen) atoms. The highest BCUT2D eigenvalue weighted by atomic mass is 35.5. The van der Waals surface area contributed by atoms with Gasteiger partial charge in [0.25, 0.3) is 0 Å². The fourth-order valence-electron chi connectivity index (χ4n) is 6.08. The van der Waals surface area contributed by atoms with E-state index in [1.165, 1.54) is 5.56 Å². The molecule has 0 spiro atoms. The molecular weight excluding hydrogens is 542 g/mol. The summed E-state index contributed by atoms with van der Waals surface area (Å²) in [6.07, 6.45) is 2.99. The maximum absolute atomic E-state index is 11.3. The molecule has 2 aliphatic carbocycles. The number of aliphatic carboxylic acids is 1. The topological polar surface area (TPSA) is 114 Å². The monoisotopic (exact) mass is 577 g/mol. The van der Waals surface area contributed by atoms with Crippen LogP contribution in [0.3, 0.4) is 0 Å². The highest BCUT2D eigenvalue weighted by molar-refractivity contribution is 6.30. The van der Waals surface area contributed by atoms with Gasteiger partial charge in [-0.05, 0) is 74.1 Å². The lowest BCUT2D eigenvalue weighted by atomic mass is 9.68. The van der Waals surface area contributed by atoms with Gasteiger partial charge in [-0.3, -0.25) is 9.69 Å². The molecule has 0 radical (unpaired) electrons. The van der Waals surface area contributed by atoms with Gasteiger partial charge in [0.15, 0.2) is 0 Å². The molecule has 0 bridgehead atoms. The van der Waals surface area contributed by atoms with Crippen LogP contribution in [-0.2, 0) is 29.0 Å². The third-order valence-electron chi connectivity index (χ3n) is 8.60. The van der Waals surface area contributed by atoms with Crippen molar-refractivity contribution in [2.24, 2.45) is 5.41 Å². The average molecular weight is 578 g/mol. The van der Waals surface area contributed by atoms with Crippen LogP contribution in [0.5, 0.6) is 5.75 Å². The van der Waals surface area contributed by atoms with Gasteiger partial charge in [-0.2, -0.15) is 4.98 Å². The quantitative estimate of drug-likeness (QED) is 0.381. The number of nitrogens with zero attached hydrogens (tertiary/aromatic N) is 4. The summed E-state index contributed by atoms with van der Waals surface area (Å²) in [5.41, 5.74) is 11.0. The minimum Gasteiger partial charge on any atom is -0.489 e. The van der Waals surface area contributed by atoms with Crippen molar-refractivity contribution in [2.75, 3.05) is 50.0 Å². The Morgan fingerprint density at radius 3 is 2.59 bits per heavy atom. The van der Waals surface area contributed by atoms with Crippen molar-refractivity contribution in [3.05, 3.63) is 64.2 Å². The first kappa shape index (κ1) is 27.8. The van der Waals surface area contributed by atoms with Crippen molar-refractivity contribution >= 4 is 29.3 Å². The van der Waals surface area contributed by atoms with E-state index >= 15 is 0 Å². The first-order valence-electron chi connectivity index (χ1n) is 14.3. The predicted octanol–water partition coefficient (Wildman–Crippen LogP) is 4.45. The molecule has 1 saturated carbocycles. The largest absolute Gasteiger partial charge is 0.489 e. The number of carboxylic acid groups (broad SMARTS) is 1. The van der Waals surface area contributed by atoms with Gasteiger partial charge in [-0.25, -0.2) is 4.98 Å². The van der Waals surface area contributed by atoms with Crippen molar-refractivity contribution in [1.29, 1.82) is 0 Å². The van der Waals surface area contributed by atoms with Gasteiger partial charge in [-0.15, -0.1) is 0 Å². The molecule has 1 aliphatic heterocycles. The number of hydrogen-bond acceptors (Lipinski definition) is 8. The van der Waals surface area contributed by atoms with E-state index in [1.54, 1.807) is 6.92 Å². The summed E-state index contributed by atoms with van der Waals surface area (Å²) in [6.45, 7) is 7.26. The van der Waals surface area contributed by atoms with Gasteiger partial charge in [0.05, 0.1) is 23.8 Å². The minimum absolute atomic E-state index is 0.0573. The third kappa shape index (κ3) is 5.98. The van der Waals surface area contributed by atoms with Crippen LogP contribution in [0.1, 0.15) is 36.5 Å². The molecule has 0 unspecified atom stereocenters. The van der Waals surface area contributed by atoms with E-state index in [9.17, 15) is 9.90 Å². The molecule has 0 amide bonds. The summed E-state index contributed by atoms with van der Waals surface area (Å²) < 4.78 is 12.0. The van der Waals surface area contributed by atoms with E-state index < -0.39 is 11.4 Å². The number of anilines is 2. The van der Waals surface area contributed by atoms with E-state index in [0.29, 0.717) is 37.0 Å². The molecule has 6 rings (SSSR count). The van der Waals surface area contributed by atoms with Crippen LogP contribution in [0.4, 0.5) is 11.8 Å². The predicted molar refractivity (Wildman–Crippen MR) is 158 cm³/mol. The molecule has 1 aromatic heterocycles. The third-order valence-corrected chi connectivity index (χ3v) is 8.86. The van der Waals surface area contributed by atoms with E-state index in [-0.39, 0.29) is 6.10 Å². The maximum Gasteiger partial charge on any atom is 0.309 e. The normalized spacial score (nSPS) is 22.0. The molecule has 9 nitrogen and oxygen atoms in total. The summed E-state index contributed by atoms with van der Waals surface area (Å²) in [4.78, 5) is 25.4. The molecule has 216 valence electrons. The highest BCUT2D eigenvalue weighted by Gasteiger charge is 2.47. The summed E-state index contributed by atoms with van der Waals surface area (Å²) in [5, 5.41) is 9.99. The number of nitrogen functional groups attached to an aromatic ring is 1. The zero-order valence-corrected chi connectivity index (χ0v) is 24.1. The molecule has 2 aromatic carbocycles. The Balaban J connectivity index is 1.06. The highest BCUT2D eigenvalue weighted by Crippen LogP contribution is 2.42. The molecule has 2 fully saturated rings. The van der Waals surface area contributed by atoms with Crippen molar-refractivity contribution in [1.82, 2.24) is 14.9 Å². The van der Waals surface area contributed by atoms with Gasteiger partial charge >= 0.3 is 5.97 Å². The second-order valence-electron chi connectivity index (χ2n) is 11.6. The Hall–Kier alpha value is -3.40. The molecule has 0 atom stereocenters. The number of halogens is 1. The Morgan fingerprint density at radius 1 is 1.10 bits per heavy atom. The Bertz CT molecular complexity index is 1420. The minimum atomic E-state index is -0.728. The maximum atomic E-state index is 11.3. The van der Waals surface area contributed by atoms with Crippen LogP contribution in [0.25, 0.3) is 11.3 Å². The summed E-state index contributed by atoms with van der Waals surface area (Å²) in [7, 11) is 0. The zero-order chi connectivity index (χ0) is 28.6. The molecule has 1 saturated heterocycles. The van der Waals surface area contributed by atoms with Gasteiger partial charge in [0.2, 0.25) is 5.95 Å². The SMILES string of the molecule is CC1(C(=O)O)CC(OCCN2CCN(c3nc(N)nc4c3CCc3cc(OCc5ccc(Cl)cc5)ccc3-4)CC2)C1. The molecule has 3 aliphatic rings. The molecule has 3 aromatic rings. The van der Waals surface area contributed by atoms with Crippen LogP contribution in [-0.4, -0.2) is 71.4 Å². The molecule has 2 heterocycles. The van der Waals surface area contributed by atoms with Crippen LogP contribution in [0, 0.1) is 5.41 Å². The van der Waals surface area contributed by atoms with Gasteiger partial charge in [-0.1, -0.05) is 23.7 Å². The number of benzene rings is 2. The number of hydrogen-bond donors (Lipinski definition) is 2. The van der Waals surface area contributed by atoms with E-state index in [1.807, 2.05) is 30.3 Å². The number of aryl methyl sites for hydroxylation is 1. The van der Waals surface area contributed by atoms with Crippen LogP contribution < -0.4 is 15.4 Å². The van der Waals surface area contributed by atoms with Gasteiger partial charge < -0.3 is 25.2 Å². The Morgan fingerprint density at radius 2 is 1.85 bits per heavy atom. The number of fused-ring (bicyclic) bond motifs is 3. The number of piperazine rings is 1. The van der Waals surface area contributed by atoms with Crippen LogP contribution >= 0.6 is 11.6 Å². The van der Waals surface area contributed by atoms with Crippen molar-refractivity contribution in [3.8, 4) is 17.0 Å². The van der Waals surface area contributed by atoms with Gasteiger partial charge in [0.1, 0.15) is 18.2 Å². The summed E-state index contributed by atoms with van der Waals surface area (Å²) in [5.74, 6) is 1.34. The first-order valence-corrected chi connectivity index (χ1v) is 14.6. The number of nitrogens with two attached hydrogens (primary N) is 1. The fourth-order valence-corrected chi connectivity index (χ4v) is 6.20. The van der Waals surface area contributed by atoms with Gasteiger partial charge in [0, 0.05) is 48.9 Å². The summed E-state index contributed by atoms with van der Waals surface area (Å²) >= 11 is 5.99. The first-order chi connectivity index (χ1) is 19.8. The number of carboxylic acids is 1. The Labute approximate surface area is 245 Å². The molecule has 3 N–H and O–H groups in total. The average Bonchev–Trinajstić information content (AvgIpc) is 2.95. The number of rotatable bonds is 9. The van der Waals surface area contributed by atoms with E-state index in [0.717, 1.165) is 79.5 Å². The smallest absolute Gasteiger partial charge is 0.309 e. The molecule has 10 heteroatoms. The van der Waals surface area contributed by atoms with Crippen LogP contribution in [0.2, 0.25) is 5.02 Å². The standard InChI is InChI=1S/C31H36ClN5O4/c1-31(29(38)39)17-24(18-31)40-15-14-36-10-12-37(13-11-36)28-26-8-4-21-16-23(41-19-20-2-5-22(32)6-3-20)7-9-25(21)27(26)34-30(33)35-28/h2-3,5-7,9,16,24H,4,8,10-15,17-19H2,1H3,(H,38,39)(H2,33,34,35). The van der Waals surface area contributed by atoms with Crippen LogP contribution in [0.15, 0.2) is 42.5 Å². The number of carbonyl (C=O) groups is 1. The fraction of sp³-hybridized carbons (Fsp3) is 0.452. The second-order valence-corrected chi connectivity index (χ2v) is 12.0. The number of ether oxygens (including phenoxy) is 2. The lowest BCUT2D eigenvalue weighted by molar-refractivity contribution is -0.165. The van der Waals surface area contributed by atoms with Crippen molar-refractivity contribution in [3.63, 3.8) is 0 Å².